The van der Waals surface area contributed by atoms with Crippen molar-refractivity contribution in [1.82, 2.24) is 15.5 Å². The molecule has 1 aromatic carbocycles. The van der Waals surface area contributed by atoms with Crippen LogP contribution >= 0.6 is 0 Å². The van der Waals surface area contributed by atoms with Crippen LogP contribution in [-0.4, -0.2) is 16.7 Å². The second kappa shape index (κ2) is 5.13. The molecule has 0 spiro atoms. The van der Waals surface area contributed by atoms with Crippen molar-refractivity contribution >= 4 is 0 Å². The van der Waals surface area contributed by atoms with Crippen LogP contribution in [0.3, 0.4) is 0 Å². The van der Waals surface area contributed by atoms with Crippen molar-refractivity contribution in [3.05, 3.63) is 47.2 Å². The number of hydrogen-bond donors (Lipinski definition) is 1. The van der Waals surface area contributed by atoms with Gasteiger partial charge < -0.3 is 9.73 Å². The van der Waals surface area contributed by atoms with Gasteiger partial charge in [-0.2, -0.15) is 0 Å². The average Bonchev–Trinajstić information content (AvgIpc) is 2.87. The first-order chi connectivity index (χ1) is 9.29. The molecule has 2 atom stereocenters. The van der Waals surface area contributed by atoms with Crippen molar-refractivity contribution in [2.75, 3.05) is 6.54 Å². The normalized spacial score (nSPS) is 18.7. The highest BCUT2D eigenvalue weighted by molar-refractivity contribution is 5.43. The first-order valence-electron chi connectivity index (χ1n) is 6.94. The second-order valence-corrected chi connectivity index (χ2v) is 5.11. The molecule has 0 saturated carbocycles. The first-order valence-corrected chi connectivity index (χ1v) is 6.94. The van der Waals surface area contributed by atoms with Gasteiger partial charge in [-0.15, -0.1) is 10.2 Å². The van der Waals surface area contributed by atoms with Crippen LogP contribution in [0.15, 0.2) is 28.7 Å². The minimum Gasteiger partial charge on any atom is -0.423 e. The fourth-order valence-electron chi connectivity index (χ4n) is 2.49. The van der Waals surface area contributed by atoms with Crippen LogP contribution in [0.25, 0.3) is 0 Å². The van der Waals surface area contributed by atoms with Gasteiger partial charge in [-0.25, -0.2) is 0 Å². The van der Waals surface area contributed by atoms with E-state index in [-0.39, 0.29) is 12.0 Å². The molecule has 1 aromatic heterocycles. The summed E-state index contributed by atoms with van der Waals surface area (Å²) in [6, 6.07) is 8.57. The van der Waals surface area contributed by atoms with Gasteiger partial charge in [0.15, 0.2) is 0 Å². The summed E-state index contributed by atoms with van der Waals surface area (Å²) in [4.78, 5) is 0. The molecule has 19 heavy (non-hydrogen) atoms. The predicted molar refractivity (Wildman–Crippen MR) is 73.0 cm³/mol. The number of fused-ring (bicyclic) bond motifs is 1. The van der Waals surface area contributed by atoms with Crippen molar-refractivity contribution in [1.29, 1.82) is 0 Å². The second-order valence-electron chi connectivity index (χ2n) is 5.11. The summed E-state index contributed by atoms with van der Waals surface area (Å²) in [6.07, 6.45) is 2.11. The third-order valence-electron chi connectivity index (χ3n) is 3.68. The molecular weight excluding hydrogens is 238 g/mol. The molecule has 1 aliphatic rings. The third-order valence-corrected chi connectivity index (χ3v) is 3.68. The SMILES string of the molecule is CCCNC(C)c1nnc(C2Cc3ccccc32)o1. The maximum Gasteiger partial charge on any atom is 0.233 e. The molecule has 0 fully saturated rings. The Labute approximate surface area is 113 Å². The van der Waals surface area contributed by atoms with Crippen molar-refractivity contribution in [2.45, 2.75) is 38.6 Å². The van der Waals surface area contributed by atoms with Crippen molar-refractivity contribution in [3.8, 4) is 0 Å². The lowest BCUT2D eigenvalue weighted by atomic mass is 9.77. The first kappa shape index (κ1) is 12.4. The number of rotatable bonds is 5. The van der Waals surface area contributed by atoms with Gasteiger partial charge in [0.1, 0.15) is 0 Å². The van der Waals surface area contributed by atoms with E-state index in [0.717, 1.165) is 25.3 Å². The Morgan fingerprint density at radius 3 is 3.00 bits per heavy atom. The fourth-order valence-corrected chi connectivity index (χ4v) is 2.49. The van der Waals surface area contributed by atoms with Crippen LogP contribution in [0.5, 0.6) is 0 Å². The number of benzene rings is 1. The van der Waals surface area contributed by atoms with Crippen LogP contribution in [0, 0.1) is 0 Å². The Morgan fingerprint density at radius 1 is 1.37 bits per heavy atom. The van der Waals surface area contributed by atoms with Gasteiger partial charge in [0, 0.05) is 0 Å². The Bertz CT molecular complexity index is 564. The summed E-state index contributed by atoms with van der Waals surface area (Å²) in [6.45, 7) is 5.16. The molecule has 4 nitrogen and oxygen atoms in total. The zero-order valence-corrected chi connectivity index (χ0v) is 11.4. The molecule has 1 N–H and O–H groups in total. The van der Waals surface area contributed by atoms with E-state index in [9.17, 15) is 0 Å². The highest BCUT2D eigenvalue weighted by Crippen LogP contribution is 2.39. The Hall–Kier alpha value is -1.68. The van der Waals surface area contributed by atoms with E-state index in [1.807, 2.05) is 0 Å². The number of hydrogen-bond acceptors (Lipinski definition) is 4. The zero-order valence-electron chi connectivity index (χ0n) is 11.4. The van der Waals surface area contributed by atoms with Crippen molar-refractivity contribution < 1.29 is 4.42 Å². The summed E-state index contributed by atoms with van der Waals surface area (Å²) < 4.78 is 5.82. The molecule has 0 radical (unpaired) electrons. The fraction of sp³-hybridized carbons (Fsp3) is 0.467. The molecule has 3 rings (SSSR count). The van der Waals surface area contributed by atoms with E-state index in [0.29, 0.717) is 5.89 Å². The van der Waals surface area contributed by atoms with Gasteiger partial charge in [0.05, 0.1) is 12.0 Å². The summed E-state index contributed by atoms with van der Waals surface area (Å²) in [7, 11) is 0. The minimum atomic E-state index is 0.122. The number of nitrogens with one attached hydrogen (secondary N) is 1. The summed E-state index contributed by atoms with van der Waals surface area (Å²) in [5, 5.41) is 11.7. The molecule has 100 valence electrons. The van der Waals surface area contributed by atoms with E-state index >= 15 is 0 Å². The highest BCUT2D eigenvalue weighted by atomic mass is 16.4. The monoisotopic (exact) mass is 257 g/mol. The Kier molecular flexibility index (Phi) is 3.34. The summed E-state index contributed by atoms with van der Waals surface area (Å²) in [5.41, 5.74) is 2.72. The van der Waals surface area contributed by atoms with Gasteiger partial charge in [-0.05, 0) is 37.4 Å². The minimum absolute atomic E-state index is 0.122. The van der Waals surface area contributed by atoms with E-state index in [1.165, 1.54) is 11.1 Å². The maximum absolute atomic E-state index is 5.82. The molecule has 2 aromatic rings. The third kappa shape index (κ3) is 2.28. The average molecular weight is 257 g/mol. The van der Waals surface area contributed by atoms with Gasteiger partial charge in [0.2, 0.25) is 11.8 Å². The van der Waals surface area contributed by atoms with Crippen molar-refractivity contribution in [2.24, 2.45) is 0 Å². The van der Waals surface area contributed by atoms with Crippen LogP contribution in [0.4, 0.5) is 0 Å². The van der Waals surface area contributed by atoms with E-state index in [1.54, 1.807) is 0 Å². The number of aromatic nitrogens is 2. The van der Waals surface area contributed by atoms with Crippen LogP contribution in [0.2, 0.25) is 0 Å². The van der Waals surface area contributed by atoms with Gasteiger partial charge in [-0.3, -0.25) is 0 Å². The van der Waals surface area contributed by atoms with Gasteiger partial charge in [0.25, 0.3) is 0 Å². The molecule has 0 aliphatic heterocycles. The molecule has 0 saturated heterocycles. The lowest BCUT2D eigenvalue weighted by Gasteiger charge is -2.26. The Morgan fingerprint density at radius 2 is 2.21 bits per heavy atom. The molecule has 1 heterocycles. The number of nitrogens with zero attached hydrogens (tertiary/aromatic N) is 2. The standard InChI is InChI=1S/C15H19N3O/c1-3-8-16-10(2)14-17-18-15(19-14)13-9-11-6-4-5-7-12(11)13/h4-7,10,13,16H,3,8-9H2,1-2H3. The molecule has 2 unspecified atom stereocenters. The Balaban J connectivity index is 1.73. The zero-order chi connectivity index (χ0) is 13.2. The lowest BCUT2D eigenvalue weighted by molar-refractivity contribution is 0.376. The molecule has 0 bridgehead atoms. The maximum atomic E-state index is 5.82. The molecule has 0 amide bonds. The molecule has 1 aliphatic carbocycles. The van der Waals surface area contributed by atoms with Crippen molar-refractivity contribution in [3.63, 3.8) is 0 Å². The van der Waals surface area contributed by atoms with Gasteiger partial charge >= 0.3 is 0 Å². The quantitative estimate of drug-likeness (QED) is 0.895. The van der Waals surface area contributed by atoms with Crippen LogP contribution < -0.4 is 5.32 Å². The molecule has 4 heteroatoms. The highest BCUT2D eigenvalue weighted by Gasteiger charge is 2.31. The molecular formula is C15H19N3O. The summed E-state index contributed by atoms with van der Waals surface area (Å²) >= 11 is 0. The topological polar surface area (TPSA) is 51.0 Å². The van der Waals surface area contributed by atoms with E-state index in [2.05, 4.69) is 53.6 Å². The van der Waals surface area contributed by atoms with E-state index < -0.39 is 0 Å². The van der Waals surface area contributed by atoms with E-state index in [4.69, 9.17) is 4.42 Å². The lowest BCUT2D eigenvalue weighted by Crippen LogP contribution is -2.19. The largest absolute Gasteiger partial charge is 0.423 e. The van der Waals surface area contributed by atoms with Crippen LogP contribution in [-0.2, 0) is 6.42 Å². The summed E-state index contributed by atoms with van der Waals surface area (Å²) in [5.74, 6) is 1.72. The predicted octanol–water partition coefficient (Wildman–Crippen LogP) is 2.82. The smallest absolute Gasteiger partial charge is 0.233 e. The van der Waals surface area contributed by atoms with Crippen LogP contribution in [0.1, 0.15) is 55.1 Å². The van der Waals surface area contributed by atoms with Gasteiger partial charge in [-0.1, -0.05) is 31.2 Å².